The molecule has 4 nitrogen and oxygen atoms in total. The lowest BCUT2D eigenvalue weighted by Crippen LogP contribution is -2.29. The van der Waals surface area contributed by atoms with Crippen LogP contribution in [-0.4, -0.2) is 26.2 Å². The van der Waals surface area contributed by atoms with Crippen LogP contribution in [0.25, 0.3) is 0 Å². The Morgan fingerprint density at radius 2 is 2.18 bits per heavy atom. The van der Waals surface area contributed by atoms with Crippen LogP contribution in [0.3, 0.4) is 0 Å². The number of aromatic nitrogens is 3. The summed E-state index contributed by atoms with van der Waals surface area (Å²) in [5.41, 5.74) is 0. The Morgan fingerprint density at radius 3 is 3.00 bits per heavy atom. The third kappa shape index (κ3) is 1.03. The summed E-state index contributed by atoms with van der Waals surface area (Å²) in [6.45, 7) is 4.76. The number of fused-ring (bicyclic) bond motifs is 1. The van der Waals surface area contributed by atoms with E-state index in [0.717, 1.165) is 31.3 Å². The van der Waals surface area contributed by atoms with Gasteiger partial charge in [0.05, 0.1) is 0 Å². The second kappa shape index (κ2) is 2.30. The van der Waals surface area contributed by atoms with E-state index in [2.05, 4.69) is 21.8 Å². The molecule has 0 saturated carbocycles. The maximum Gasteiger partial charge on any atom is 0.144 e. The van der Waals surface area contributed by atoms with Crippen LogP contribution in [0.2, 0.25) is 0 Å². The topological polar surface area (TPSA) is 34.0 Å². The quantitative estimate of drug-likeness (QED) is 0.496. The first-order valence-electron chi connectivity index (χ1n) is 3.71. The third-order valence-electron chi connectivity index (χ3n) is 2.02. The van der Waals surface area contributed by atoms with Gasteiger partial charge in [0.15, 0.2) is 0 Å². The molecule has 0 radical (unpaired) electrons. The fraction of sp³-hybridized carbons (Fsp3) is 0.571. The Kier molecular flexibility index (Phi) is 1.42. The van der Waals surface area contributed by atoms with Gasteiger partial charge in [-0.2, -0.15) is 0 Å². The molecule has 0 bridgehead atoms. The van der Waals surface area contributed by atoms with Crippen LogP contribution in [0, 0.1) is 14.0 Å². The molecule has 0 unspecified atom stereocenters. The Morgan fingerprint density at radius 1 is 1.36 bits per heavy atom. The fourth-order valence-electron chi connectivity index (χ4n) is 1.35. The van der Waals surface area contributed by atoms with Gasteiger partial charge in [0.1, 0.15) is 11.6 Å². The van der Waals surface area contributed by atoms with Crippen molar-refractivity contribution in [2.45, 2.75) is 20.0 Å². The van der Waals surface area contributed by atoms with Crippen molar-refractivity contribution < 1.29 is 0 Å². The second-order valence-corrected chi connectivity index (χ2v) is 2.87. The molecule has 0 atom stereocenters. The minimum atomic E-state index is 0.820. The number of hydrogen-bond donors (Lipinski definition) is 0. The largest absolute Gasteiger partial charge is 0.451 e. The van der Waals surface area contributed by atoms with Gasteiger partial charge in [0.2, 0.25) is 0 Å². The van der Waals surface area contributed by atoms with E-state index >= 15 is 0 Å². The Hall–Kier alpha value is -0.900. The summed E-state index contributed by atoms with van der Waals surface area (Å²) in [6.07, 6.45) is 0. The summed E-state index contributed by atoms with van der Waals surface area (Å²) in [5, 5.41) is 8.03. The van der Waals surface area contributed by atoms with Crippen molar-refractivity contribution in [2.24, 2.45) is 0 Å². The third-order valence-corrected chi connectivity index (χ3v) is 2.02. The molecule has 1 aliphatic heterocycles. The first-order valence-corrected chi connectivity index (χ1v) is 3.71. The van der Waals surface area contributed by atoms with Gasteiger partial charge in [-0.3, -0.25) is 7.05 Å². The van der Waals surface area contributed by atoms with E-state index in [0.29, 0.717) is 0 Å². The predicted octanol–water partition coefficient (Wildman–Crippen LogP) is 0.194. The monoisotopic (exact) mass is 151 g/mol. The molecule has 2 rings (SSSR count). The summed E-state index contributed by atoms with van der Waals surface area (Å²) >= 11 is 0. The zero-order valence-corrected chi connectivity index (χ0v) is 6.62. The van der Waals surface area contributed by atoms with Crippen LogP contribution >= 0.6 is 0 Å². The highest BCUT2D eigenvalue weighted by atomic mass is 15.3. The maximum absolute atomic E-state index is 4.04. The Balaban J connectivity index is 2.36. The SMILES string of the molecule is [CH2-]N1CCn2c(C)nnc2C1. The van der Waals surface area contributed by atoms with Gasteiger partial charge >= 0.3 is 0 Å². The zero-order valence-electron chi connectivity index (χ0n) is 6.62. The van der Waals surface area contributed by atoms with Gasteiger partial charge in [0.25, 0.3) is 0 Å². The Bertz CT molecular complexity index is 265. The molecule has 2 heterocycles. The smallest absolute Gasteiger partial charge is 0.144 e. The number of rotatable bonds is 0. The van der Waals surface area contributed by atoms with Crippen LogP contribution in [0.5, 0.6) is 0 Å². The van der Waals surface area contributed by atoms with Gasteiger partial charge in [-0.15, -0.1) is 10.2 Å². The summed E-state index contributed by atoms with van der Waals surface area (Å²) < 4.78 is 2.14. The van der Waals surface area contributed by atoms with E-state index in [9.17, 15) is 0 Å². The molecular formula is C7H11N4-. The predicted molar refractivity (Wildman–Crippen MR) is 40.5 cm³/mol. The summed E-state index contributed by atoms with van der Waals surface area (Å²) in [7, 11) is 3.86. The minimum Gasteiger partial charge on any atom is -0.451 e. The van der Waals surface area contributed by atoms with E-state index in [1.165, 1.54) is 0 Å². The molecule has 0 aromatic carbocycles. The van der Waals surface area contributed by atoms with Gasteiger partial charge in [-0.1, -0.05) is 0 Å². The van der Waals surface area contributed by atoms with Crippen molar-refractivity contribution >= 4 is 0 Å². The highest BCUT2D eigenvalue weighted by Gasteiger charge is 2.12. The molecule has 1 aromatic heterocycles. The average Bonchev–Trinajstić information content (AvgIpc) is 2.32. The molecule has 0 N–H and O–H groups in total. The molecule has 0 saturated heterocycles. The molecule has 0 amide bonds. The lowest BCUT2D eigenvalue weighted by Gasteiger charge is -2.29. The first-order chi connectivity index (χ1) is 5.27. The molecule has 1 aromatic rings. The van der Waals surface area contributed by atoms with E-state index in [4.69, 9.17) is 0 Å². The summed E-state index contributed by atoms with van der Waals surface area (Å²) in [5.74, 6) is 2.04. The lowest BCUT2D eigenvalue weighted by atomic mass is 10.4. The highest BCUT2D eigenvalue weighted by Crippen LogP contribution is 2.09. The van der Waals surface area contributed by atoms with E-state index in [1.807, 2.05) is 11.8 Å². The molecule has 4 heteroatoms. The highest BCUT2D eigenvalue weighted by molar-refractivity contribution is 4.96. The van der Waals surface area contributed by atoms with Gasteiger partial charge in [-0.05, 0) is 13.5 Å². The van der Waals surface area contributed by atoms with E-state index in [1.54, 1.807) is 0 Å². The molecule has 11 heavy (non-hydrogen) atoms. The normalized spacial score (nSPS) is 18.4. The van der Waals surface area contributed by atoms with E-state index < -0.39 is 0 Å². The maximum atomic E-state index is 4.04. The van der Waals surface area contributed by atoms with Gasteiger partial charge in [0, 0.05) is 13.1 Å². The standard InChI is InChI=1S/C7H11N4/c1-6-8-9-7-5-10(2)3-4-11(6)7/h2-5H2,1H3/q-1. The van der Waals surface area contributed by atoms with Gasteiger partial charge in [-0.25, -0.2) is 0 Å². The van der Waals surface area contributed by atoms with Crippen molar-refractivity contribution in [2.75, 3.05) is 6.54 Å². The zero-order chi connectivity index (χ0) is 7.84. The Labute approximate surface area is 65.8 Å². The summed E-state index contributed by atoms with van der Waals surface area (Å²) in [6, 6.07) is 0. The fourth-order valence-corrected chi connectivity index (χ4v) is 1.35. The average molecular weight is 151 g/mol. The molecule has 0 aliphatic carbocycles. The molecule has 60 valence electrons. The van der Waals surface area contributed by atoms with Crippen molar-refractivity contribution in [3.8, 4) is 0 Å². The molecule has 0 spiro atoms. The van der Waals surface area contributed by atoms with Crippen molar-refractivity contribution in [1.82, 2.24) is 19.7 Å². The molecule has 0 fully saturated rings. The lowest BCUT2D eigenvalue weighted by molar-refractivity contribution is 0.291. The molecule has 1 aliphatic rings. The number of aryl methyl sites for hydroxylation is 1. The van der Waals surface area contributed by atoms with Gasteiger partial charge < -0.3 is 9.47 Å². The number of hydrogen-bond acceptors (Lipinski definition) is 3. The number of nitrogens with zero attached hydrogens (tertiary/aromatic N) is 4. The van der Waals surface area contributed by atoms with Crippen molar-refractivity contribution in [3.05, 3.63) is 18.7 Å². The van der Waals surface area contributed by atoms with E-state index in [-0.39, 0.29) is 0 Å². The second-order valence-electron chi connectivity index (χ2n) is 2.87. The van der Waals surface area contributed by atoms with Crippen LogP contribution in [-0.2, 0) is 13.1 Å². The van der Waals surface area contributed by atoms with Crippen LogP contribution in [0.4, 0.5) is 0 Å². The van der Waals surface area contributed by atoms with Crippen LogP contribution < -0.4 is 0 Å². The first kappa shape index (κ1) is 6.79. The van der Waals surface area contributed by atoms with Crippen LogP contribution in [0.15, 0.2) is 0 Å². The summed E-state index contributed by atoms with van der Waals surface area (Å²) in [4.78, 5) is 2.00. The van der Waals surface area contributed by atoms with Crippen molar-refractivity contribution in [1.29, 1.82) is 0 Å². The molecular weight excluding hydrogens is 140 g/mol. The van der Waals surface area contributed by atoms with Crippen molar-refractivity contribution in [3.63, 3.8) is 0 Å². The minimum absolute atomic E-state index is 0.820. The van der Waals surface area contributed by atoms with Crippen LogP contribution in [0.1, 0.15) is 11.6 Å².